The van der Waals surface area contributed by atoms with Gasteiger partial charge in [-0.05, 0) is 6.92 Å². The Labute approximate surface area is 61.5 Å². The second kappa shape index (κ2) is 4.17. The molecule has 0 aliphatic rings. The number of halogens is 3. The Bertz CT molecular complexity index is 125. The fraction of sp³-hybridized carbons (Fsp3) is 0.800. The molecule has 6 heteroatoms. The van der Waals surface area contributed by atoms with Gasteiger partial charge in [0.15, 0.2) is 0 Å². The molecule has 0 spiro atoms. The van der Waals surface area contributed by atoms with Gasteiger partial charge in [0.2, 0.25) is 0 Å². The summed E-state index contributed by atoms with van der Waals surface area (Å²) in [6.07, 6.45) is -4.42. The van der Waals surface area contributed by atoms with Gasteiger partial charge in [0.05, 0.1) is 0 Å². The normalized spacial score (nSPS) is 14.2. The summed E-state index contributed by atoms with van der Waals surface area (Å²) in [4.78, 5) is 9.54. The van der Waals surface area contributed by atoms with Crippen LogP contribution in [0.2, 0.25) is 0 Å². The minimum Gasteiger partial charge on any atom is -0.466 e. The average Bonchev–Trinajstić information content (AvgIpc) is 1.79. The van der Waals surface area contributed by atoms with Crippen LogP contribution in [0.4, 0.5) is 13.2 Å². The van der Waals surface area contributed by atoms with Gasteiger partial charge in [0.25, 0.3) is 6.47 Å². The van der Waals surface area contributed by atoms with Crippen LogP contribution in [0.25, 0.3) is 0 Å². The van der Waals surface area contributed by atoms with Crippen LogP contribution < -0.4 is 5.32 Å². The lowest BCUT2D eigenvalue weighted by Crippen LogP contribution is -2.41. The molecule has 3 nitrogen and oxygen atoms in total. The number of rotatable bonds is 4. The standard InChI is InChI=1S/C5H8F3NO2/c1-4(2-11-3-10)9-5(6,7)8/h3-4,9H,2H2,1H3. The summed E-state index contributed by atoms with van der Waals surface area (Å²) in [6.45, 7) is 1.08. The predicted octanol–water partition coefficient (Wildman–Crippen LogP) is 0.657. The zero-order valence-corrected chi connectivity index (χ0v) is 5.81. The Balaban J connectivity index is 3.51. The van der Waals surface area contributed by atoms with Gasteiger partial charge >= 0.3 is 6.30 Å². The van der Waals surface area contributed by atoms with Crippen LogP contribution in [0.15, 0.2) is 0 Å². The summed E-state index contributed by atoms with van der Waals surface area (Å²) in [5.41, 5.74) is 0. The van der Waals surface area contributed by atoms with Crippen LogP contribution in [0, 0.1) is 0 Å². The van der Waals surface area contributed by atoms with Gasteiger partial charge in [-0.3, -0.25) is 4.79 Å². The number of carbonyl (C=O) groups is 1. The van der Waals surface area contributed by atoms with E-state index in [1.54, 1.807) is 0 Å². The third-order valence-electron chi connectivity index (χ3n) is 0.824. The maximum absolute atomic E-state index is 11.5. The van der Waals surface area contributed by atoms with E-state index in [-0.39, 0.29) is 13.1 Å². The Morgan fingerprint density at radius 2 is 2.18 bits per heavy atom. The van der Waals surface area contributed by atoms with Crippen molar-refractivity contribution >= 4 is 6.47 Å². The summed E-state index contributed by atoms with van der Waals surface area (Å²) in [5, 5.41) is 1.27. The van der Waals surface area contributed by atoms with E-state index in [4.69, 9.17) is 0 Å². The summed E-state index contributed by atoms with van der Waals surface area (Å²) >= 11 is 0. The lowest BCUT2D eigenvalue weighted by Gasteiger charge is -2.14. The molecule has 0 rings (SSSR count). The Hall–Kier alpha value is -0.780. The monoisotopic (exact) mass is 171 g/mol. The first-order valence-corrected chi connectivity index (χ1v) is 2.85. The number of hydrogen-bond donors (Lipinski definition) is 1. The summed E-state index contributed by atoms with van der Waals surface area (Å²) < 4.78 is 38.5. The highest BCUT2D eigenvalue weighted by atomic mass is 19.4. The molecule has 0 amide bonds. The molecule has 0 bridgehead atoms. The minimum absolute atomic E-state index is 0.106. The Kier molecular flexibility index (Phi) is 3.88. The molecule has 0 radical (unpaired) electrons. The van der Waals surface area contributed by atoms with E-state index in [0.717, 1.165) is 0 Å². The van der Waals surface area contributed by atoms with E-state index in [1.807, 2.05) is 0 Å². The lowest BCUT2D eigenvalue weighted by atomic mass is 10.4. The van der Waals surface area contributed by atoms with Crippen molar-refractivity contribution in [2.24, 2.45) is 0 Å². The SMILES string of the molecule is CC(COC=O)NC(F)(F)F. The first-order valence-electron chi connectivity index (χ1n) is 2.85. The Morgan fingerprint density at radius 1 is 1.64 bits per heavy atom. The third-order valence-corrected chi connectivity index (χ3v) is 0.824. The maximum atomic E-state index is 11.5. The van der Waals surface area contributed by atoms with Gasteiger partial charge in [-0.15, -0.1) is 0 Å². The van der Waals surface area contributed by atoms with Crippen molar-refractivity contribution in [3.63, 3.8) is 0 Å². The minimum atomic E-state index is -4.42. The highest BCUT2D eigenvalue weighted by Crippen LogP contribution is 2.10. The maximum Gasteiger partial charge on any atom is 0.457 e. The quantitative estimate of drug-likeness (QED) is 0.498. The van der Waals surface area contributed by atoms with Crippen molar-refractivity contribution in [2.45, 2.75) is 19.3 Å². The molecule has 0 aromatic rings. The van der Waals surface area contributed by atoms with E-state index in [9.17, 15) is 18.0 Å². The van der Waals surface area contributed by atoms with Crippen LogP contribution >= 0.6 is 0 Å². The molecule has 0 aliphatic carbocycles. The molecule has 0 aromatic carbocycles. The summed E-state index contributed by atoms with van der Waals surface area (Å²) in [6, 6.07) is -0.916. The van der Waals surface area contributed by atoms with Crippen molar-refractivity contribution in [1.29, 1.82) is 0 Å². The van der Waals surface area contributed by atoms with Crippen LogP contribution in [-0.2, 0) is 9.53 Å². The van der Waals surface area contributed by atoms with Crippen molar-refractivity contribution in [1.82, 2.24) is 5.32 Å². The molecule has 0 saturated heterocycles. The smallest absolute Gasteiger partial charge is 0.457 e. The number of carbonyl (C=O) groups excluding carboxylic acids is 1. The molecular formula is C5H8F3NO2. The van der Waals surface area contributed by atoms with Gasteiger partial charge in [0.1, 0.15) is 6.61 Å². The van der Waals surface area contributed by atoms with Gasteiger partial charge < -0.3 is 4.74 Å². The van der Waals surface area contributed by atoms with E-state index < -0.39 is 12.3 Å². The van der Waals surface area contributed by atoms with Gasteiger partial charge in [-0.2, -0.15) is 13.2 Å². The molecular weight excluding hydrogens is 163 g/mol. The molecule has 0 heterocycles. The average molecular weight is 171 g/mol. The molecule has 0 fully saturated rings. The molecule has 1 N–H and O–H groups in total. The zero-order valence-electron chi connectivity index (χ0n) is 5.81. The van der Waals surface area contributed by atoms with Crippen LogP contribution in [0.5, 0.6) is 0 Å². The molecule has 0 aromatic heterocycles. The first kappa shape index (κ1) is 10.2. The Morgan fingerprint density at radius 3 is 2.55 bits per heavy atom. The second-order valence-electron chi connectivity index (χ2n) is 1.97. The summed E-state index contributed by atoms with van der Waals surface area (Å²) in [7, 11) is 0. The van der Waals surface area contributed by atoms with Crippen molar-refractivity contribution in [3.8, 4) is 0 Å². The number of nitrogens with one attached hydrogen (secondary N) is 1. The van der Waals surface area contributed by atoms with Crippen LogP contribution in [0.3, 0.4) is 0 Å². The molecule has 1 atom stereocenters. The molecule has 1 unspecified atom stereocenters. The zero-order chi connectivity index (χ0) is 8.91. The molecule has 0 saturated carbocycles. The fourth-order valence-corrected chi connectivity index (χ4v) is 0.505. The van der Waals surface area contributed by atoms with E-state index >= 15 is 0 Å². The van der Waals surface area contributed by atoms with Crippen molar-refractivity contribution < 1.29 is 22.7 Å². The van der Waals surface area contributed by atoms with Crippen molar-refractivity contribution in [2.75, 3.05) is 6.61 Å². The van der Waals surface area contributed by atoms with Crippen LogP contribution in [0.1, 0.15) is 6.92 Å². The number of alkyl halides is 3. The van der Waals surface area contributed by atoms with E-state index in [0.29, 0.717) is 0 Å². The van der Waals surface area contributed by atoms with E-state index in [2.05, 4.69) is 4.74 Å². The first-order chi connectivity index (χ1) is 4.95. The number of hydrogen-bond acceptors (Lipinski definition) is 3. The highest BCUT2D eigenvalue weighted by molar-refractivity contribution is 5.36. The van der Waals surface area contributed by atoms with Crippen LogP contribution in [-0.4, -0.2) is 25.4 Å². The molecule has 66 valence electrons. The third kappa shape index (κ3) is 7.11. The van der Waals surface area contributed by atoms with Crippen molar-refractivity contribution in [3.05, 3.63) is 0 Å². The van der Waals surface area contributed by atoms with Gasteiger partial charge in [-0.25, -0.2) is 5.32 Å². The predicted molar refractivity (Wildman–Crippen MR) is 30.7 cm³/mol. The molecule has 11 heavy (non-hydrogen) atoms. The molecule has 0 aliphatic heterocycles. The van der Waals surface area contributed by atoms with Gasteiger partial charge in [0, 0.05) is 6.04 Å². The highest BCUT2D eigenvalue weighted by Gasteiger charge is 2.29. The lowest BCUT2D eigenvalue weighted by molar-refractivity contribution is -0.167. The second-order valence-corrected chi connectivity index (χ2v) is 1.97. The topological polar surface area (TPSA) is 38.3 Å². The number of ether oxygens (including phenoxy) is 1. The fourth-order valence-electron chi connectivity index (χ4n) is 0.505. The van der Waals surface area contributed by atoms with Gasteiger partial charge in [-0.1, -0.05) is 0 Å². The van der Waals surface area contributed by atoms with E-state index in [1.165, 1.54) is 12.2 Å². The largest absolute Gasteiger partial charge is 0.466 e. The summed E-state index contributed by atoms with van der Waals surface area (Å²) in [5.74, 6) is 0.